The van der Waals surface area contributed by atoms with Crippen molar-refractivity contribution in [3.63, 3.8) is 0 Å². The quantitative estimate of drug-likeness (QED) is 0.888. The molecule has 1 aliphatic carbocycles. The number of benzene rings is 1. The average molecular weight is 336 g/mol. The van der Waals surface area contributed by atoms with E-state index in [4.69, 9.17) is 0 Å². The van der Waals surface area contributed by atoms with Crippen LogP contribution in [0.15, 0.2) is 22.7 Å². The van der Waals surface area contributed by atoms with Gasteiger partial charge >= 0.3 is 6.18 Å². The Morgan fingerprint density at radius 2 is 2.05 bits per heavy atom. The summed E-state index contributed by atoms with van der Waals surface area (Å²) >= 11 is 2.99. The third-order valence-electron chi connectivity index (χ3n) is 3.22. The normalized spacial score (nSPS) is 17.1. The van der Waals surface area contributed by atoms with Crippen LogP contribution in [0.5, 0.6) is 0 Å². The van der Waals surface area contributed by atoms with Gasteiger partial charge in [0.15, 0.2) is 0 Å². The first-order valence-corrected chi connectivity index (χ1v) is 6.76. The zero-order chi connectivity index (χ0) is 14.2. The zero-order valence-corrected chi connectivity index (χ0v) is 11.8. The summed E-state index contributed by atoms with van der Waals surface area (Å²) in [6, 6.07) is 3.47. The predicted octanol–water partition coefficient (Wildman–Crippen LogP) is 4.00. The lowest BCUT2D eigenvalue weighted by Crippen LogP contribution is -2.35. The van der Waals surface area contributed by atoms with Gasteiger partial charge in [-0.15, -0.1) is 0 Å². The minimum atomic E-state index is -4.54. The number of carbonyl (C=O) groups excluding carboxylic acids is 1. The van der Waals surface area contributed by atoms with Crippen LogP contribution in [0.1, 0.15) is 35.7 Å². The van der Waals surface area contributed by atoms with Crippen LogP contribution in [0, 0.1) is 5.92 Å². The lowest BCUT2D eigenvalue weighted by molar-refractivity contribution is -0.138. The highest BCUT2D eigenvalue weighted by Gasteiger charge is 2.36. The van der Waals surface area contributed by atoms with Gasteiger partial charge in [-0.1, -0.05) is 15.9 Å². The first-order valence-electron chi connectivity index (χ1n) is 5.96. The zero-order valence-electron chi connectivity index (χ0n) is 10.2. The molecule has 1 aliphatic rings. The molecule has 2 rings (SSSR count). The molecule has 0 aromatic heterocycles. The SMILES string of the molecule is CC(NC(=O)c1ccc(Br)cc1C(F)(F)F)C1CC1. The van der Waals surface area contributed by atoms with E-state index in [1.165, 1.54) is 12.1 Å². The molecule has 0 bridgehead atoms. The van der Waals surface area contributed by atoms with Gasteiger partial charge in [-0.05, 0) is 43.9 Å². The van der Waals surface area contributed by atoms with Crippen LogP contribution in [0.25, 0.3) is 0 Å². The van der Waals surface area contributed by atoms with Crippen molar-refractivity contribution in [1.82, 2.24) is 5.32 Å². The van der Waals surface area contributed by atoms with Gasteiger partial charge in [0.2, 0.25) is 0 Å². The third kappa shape index (κ3) is 3.49. The second-order valence-corrected chi connectivity index (χ2v) is 5.70. The number of hydrogen-bond acceptors (Lipinski definition) is 1. The predicted molar refractivity (Wildman–Crippen MR) is 68.8 cm³/mol. The van der Waals surface area contributed by atoms with Crippen molar-refractivity contribution in [3.05, 3.63) is 33.8 Å². The monoisotopic (exact) mass is 335 g/mol. The molecule has 0 aliphatic heterocycles. The van der Waals surface area contributed by atoms with Gasteiger partial charge in [0.25, 0.3) is 5.91 Å². The van der Waals surface area contributed by atoms with Crippen LogP contribution >= 0.6 is 15.9 Å². The van der Waals surface area contributed by atoms with Crippen LogP contribution in [-0.2, 0) is 6.18 Å². The molecule has 19 heavy (non-hydrogen) atoms. The lowest BCUT2D eigenvalue weighted by atomic mass is 10.1. The molecule has 0 spiro atoms. The Kier molecular flexibility index (Phi) is 3.90. The van der Waals surface area contributed by atoms with Crippen molar-refractivity contribution >= 4 is 21.8 Å². The van der Waals surface area contributed by atoms with E-state index >= 15 is 0 Å². The molecule has 104 valence electrons. The third-order valence-corrected chi connectivity index (χ3v) is 3.71. The first kappa shape index (κ1) is 14.4. The summed E-state index contributed by atoms with van der Waals surface area (Å²) < 4.78 is 39.0. The van der Waals surface area contributed by atoms with Crippen LogP contribution in [-0.4, -0.2) is 11.9 Å². The van der Waals surface area contributed by atoms with Crippen molar-refractivity contribution in [2.45, 2.75) is 32.0 Å². The second kappa shape index (κ2) is 5.15. The Balaban J connectivity index is 2.25. The van der Waals surface area contributed by atoms with Gasteiger partial charge in [-0.3, -0.25) is 4.79 Å². The molecule has 1 fully saturated rings. The summed E-state index contributed by atoms with van der Waals surface area (Å²) in [7, 11) is 0. The van der Waals surface area contributed by atoms with Crippen molar-refractivity contribution in [3.8, 4) is 0 Å². The molecule has 1 unspecified atom stereocenters. The van der Waals surface area contributed by atoms with Gasteiger partial charge < -0.3 is 5.32 Å². The number of alkyl halides is 3. The summed E-state index contributed by atoms with van der Waals surface area (Å²) in [4.78, 5) is 11.9. The van der Waals surface area contributed by atoms with E-state index in [-0.39, 0.29) is 11.6 Å². The summed E-state index contributed by atoms with van der Waals surface area (Å²) in [6.07, 6.45) is -2.50. The largest absolute Gasteiger partial charge is 0.417 e. The minimum absolute atomic E-state index is 0.0859. The Morgan fingerprint density at radius 3 is 2.58 bits per heavy atom. The number of nitrogens with one attached hydrogen (secondary N) is 1. The van der Waals surface area contributed by atoms with Gasteiger partial charge in [0, 0.05) is 10.5 Å². The summed E-state index contributed by atoms with van der Waals surface area (Å²) in [6.45, 7) is 1.82. The molecule has 1 saturated carbocycles. The summed E-state index contributed by atoms with van der Waals surface area (Å²) in [5.74, 6) is -0.270. The highest BCUT2D eigenvalue weighted by atomic mass is 79.9. The highest BCUT2D eigenvalue weighted by Crippen LogP contribution is 2.35. The molecule has 2 nitrogen and oxygen atoms in total. The van der Waals surface area contributed by atoms with Gasteiger partial charge in [0.1, 0.15) is 0 Å². The molecular formula is C13H13BrF3NO. The van der Waals surface area contributed by atoms with Crippen molar-refractivity contribution < 1.29 is 18.0 Å². The molecule has 6 heteroatoms. The number of hydrogen-bond donors (Lipinski definition) is 1. The number of amides is 1. The van der Waals surface area contributed by atoms with Crippen LogP contribution in [0.4, 0.5) is 13.2 Å². The molecule has 0 heterocycles. The Hall–Kier alpha value is -1.04. The molecule has 1 N–H and O–H groups in total. The number of rotatable bonds is 3. The Morgan fingerprint density at radius 1 is 1.42 bits per heavy atom. The lowest BCUT2D eigenvalue weighted by Gasteiger charge is -2.16. The maximum atomic E-state index is 12.9. The molecule has 1 aromatic carbocycles. The fourth-order valence-corrected chi connectivity index (χ4v) is 2.31. The van der Waals surface area contributed by atoms with E-state index in [1.54, 1.807) is 0 Å². The highest BCUT2D eigenvalue weighted by molar-refractivity contribution is 9.10. The topological polar surface area (TPSA) is 29.1 Å². The van der Waals surface area contributed by atoms with Crippen molar-refractivity contribution in [1.29, 1.82) is 0 Å². The molecule has 1 atom stereocenters. The van der Waals surface area contributed by atoms with Crippen LogP contribution < -0.4 is 5.32 Å². The van der Waals surface area contributed by atoms with E-state index in [2.05, 4.69) is 21.2 Å². The maximum Gasteiger partial charge on any atom is 0.417 e. The molecule has 0 radical (unpaired) electrons. The van der Waals surface area contributed by atoms with E-state index in [1.807, 2.05) is 6.92 Å². The Labute approximate surface area is 117 Å². The fraction of sp³-hybridized carbons (Fsp3) is 0.462. The van der Waals surface area contributed by atoms with Gasteiger partial charge in [-0.2, -0.15) is 13.2 Å². The minimum Gasteiger partial charge on any atom is -0.349 e. The van der Waals surface area contributed by atoms with Crippen molar-refractivity contribution in [2.75, 3.05) is 0 Å². The average Bonchev–Trinajstić information content (AvgIpc) is 3.11. The van der Waals surface area contributed by atoms with Crippen LogP contribution in [0.2, 0.25) is 0 Å². The first-order chi connectivity index (χ1) is 8.79. The van der Waals surface area contributed by atoms with E-state index in [0.29, 0.717) is 10.4 Å². The summed E-state index contributed by atoms with van der Waals surface area (Å²) in [5.41, 5.74) is -1.24. The molecule has 1 amide bonds. The van der Waals surface area contributed by atoms with Crippen LogP contribution in [0.3, 0.4) is 0 Å². The smallest absolute Gasteiger partial charge is 0.349 e. The van der Waals surface area contributed by atoms with Gasteiger partial charge in [-0.25, -0.2) is 0 Å². The van der Waals surface area contributed by atoms with Crippen molar-refractivity contribution in [2.24, 2.45) is 5.92 Å². The van der Waals surface area contributed by atoms with E-state index in [9.17, 15) is 18.0 Å². The van der Waals surface area contributed by atoms with E-state index in [0.717, 1.165) is 18.9 Å². The maximum absolute atomic E-state index is 12.9. The van der Waals surface area contributed by atoms with E-state index < -0.39 is 17.6 Å². The summed E-state index contributed by atoms with van der Waals surface area (Å²) in [5, 5.41) is 2.64. The standard InChI is InChI=1S/C13H13BrF3NO/c1-7(8-2-3-8)18-12(19)10-5-4-9(14)6-11(10)13(15,16)17/h4-8H,2-3H2,1H3,(H,18,19). The fourth-order valence-electron chi connectivity index (χ4n) is 1.95. The Bertz CT molecular complexity index is 497. The number of halogens is 4. The van der Waals surface area contributed by atoms with Gasteiger partial charge in [0.05, 0.1) is 11.1 Å². The molecular weight excluding hydrogens is 323 g/mol. The molecule has 0 saturated heterocycles. The molecule has 1 aromatic rings. The second-order valence-electron chi connectivity index (χ2n) is 4.79. The number of carbonyl (C=O) groups is 1.